The molecule has 1 aromatic carbocycles. The average Bonchev–Trinajstić information content (AvgIpc) is 3.20. The predicted molar refractivity (Wildman–Crippen MR) is 203 cm³/mol. The van der Waals surface area contributed by atoms with Gasteiger partial charge in [-0.1, -0.05) is 66.2 Å². The zero-order valence-corrected chi connectivity index (χ0v) is 34.0. The number of esters is 4. The van der Waals surface area contributed by atoms with Crippen molar-refractivity contribution in [2.75, 3.05) is 0 Å². The van der Waals surface area contributed by atoms with Crippen molar-refractivity contribution < 1.29 is 38.1 Å². The van der Waals surface area contributed by atoms with E-state index < -0.39 is 11.9 Å². The second kappa shape index (κ2) is 14.2. The Kier molecular flexibility index (Phi) is 10.6. The van der Waals surface area contributed by atoms with Gasteiger partial charge in [-0.05, 0) is 128 Å². The van der Waals surface area contributed by atoms with Gasteiger partial charge in [0.1, 0.15) is 12.2 Å². The molecular weight excluding hydrogens is 668 g/mol. The van der Waals surface area contributed by atoms with Crippen LogP contribution in [0.4, 0.5) is 0 Å². The van der Waals surface area contributed by atoms with Gasteiger partial charge in [0.05, 0.1) is 0 Å². The number of rotatable bonds is 7. The van der Waals surface area contributed by atoms with Crippen molar-refractivity contribution in [3.63, 3.8) is 0 Å². The monoisotopic (exact) mass is 732 g/mol. The van der Waals surface area contributed by atoms with E-state index in [1.165, 1.54) is 39.5 Å². The van der Waals surface area contributed by atoms with E-state index in [2.05, 4.69) is 54.5 Å². The molecule has 0 amide bonds. The molecule has 0 spiro atoms. The highest BCUT2D eigenvalue weighted by Gasteiger charge is 2.64. The molecule has 0 heterocycles. The topological polar surface area (TPSA) is 105 Å². The minimum atomic E-state index is -0.518. The van der Waals surface area contributed by atoms with Crippen LogP contribution in [0.15, 0.2) is 29.8 Å². The molecule has 6 rings (SSSR count). The molecule has 0 saturated heterocycles. The van der Waals surface area contributed by atoms with Gasteiger partial charge in [-0.2, -0.15) is 0 Å². The summed E-state index contributed by atoms with van der Waals surface area (Å²) in [5, 5.41) is 0. The summed E-state index contributed by atoms with van der Waals surface area (Å²) in [7, 11) is 0. The molecule has 0 N–H and O–H groups in total. The molecule has 53 heavy (non-hydrogen) atoms. The van der Waals surface area contributed by atoms with Crippen LogP contribution in [0.3, 0.4) is 0 Å². The summed E-state index contributed by atoms with van der Waals surface area (Å²) < 4.78 is 22.7. The molecule has 5 aliphatic rings. The highest BCUT2D eigenvalue weighted by molar-refractivity contribution is 5.74. The molecule has 0 aromatic heterocycles. The smallest absolute Gasteiger partial charge is 0.308 e. The van der Waals surface area contributed by atoms with Crippen molar-refractivity contribution in [1.29, 1.82) is 0 Å². The lowest BCUT2D eigenvalue weighted by atomic mass is 9.42. The van der Waals surface area contributed by atoms with Crippen molar-refractivity contribution >= 4 is 23.9 Å². The molecule has 8 nitrogen and oxygen atoms in total. The van der Waals surface area contributed by atoms with E-state index in [1.807, 2.05) is 0 Å². The molecule has 0 aliphatic heterocycles. The number of hydrogen-bond donors (Lipinski definition) is 0. The zero-order chi connectivity index (χ0) is 38.7. The third kappa shape index (κ3) is 7.22. The van der Waals surface area contributed by atoms with Gasteiger partial charge in [-0.25, -0.2) is 0 Å². The van der Waals surface area contributed by atoms with Gasteiger partial charge in [0.2, 0.25) is 0 Å². The lowest BCUT2D eigenvalue weighted by molar-refractivity contribution is -0.193. The number of benzene rings is 1. The van der Waals surface area contributed by atoms with Gasteiger partial charge in [0.25, 0.3) is 0 Å². The van der Waals surface area contributed by atoms with Crippen molar-refractivity contribution in [1.82, 2.24) is 0 Å². The number of allylic oxidation sites excluding steroid dienone is 2. The van der Waals surface area contributed by atoms with Gasteiger partial charge < -0.3 is 18.9 Å². The van der Waals surface area contributed by atoms with Crippen LogP contribution in [0.2, 0.25) is 0 Å². The summed E-state index contributed by atoms with van der Waals surface area (Å²) in [4.78, 5) is 48.6. The lowest BCUT2D eigenvalue weighted by Crippen LogP contribution is -2.59. The van der Waals surface area contributed by atoms with Crippen LogP contribution in [-0.4, -0.2) is 36.1 Å². The standard InChI is InChI=1S/C45H64O8/c1-27(46)50-33-15-11-30(25-34(33)51-28(2)47)12-18-40(49)53-39-21-24-45(10)36(42(39,6)7)19-22-43(8)26-31-13-16-35-41(4,5)38(52-29(3)48)20-23-44(35,9)32(31)14-17-37(43)45/h11,13,15,25,32,35-39H,12,14,16-24,26H2,1-10H3/t32-,35+,36+,37+,38+,39+,43+,44-,45+/m1/s1. The van der Waals surface area contributed by atoms with Crippen LogP contribution in [0, 0.1) is 50.7 Å². The molecular formula is C45H64O8. The molecule has 1 aromatic rings. The number of aryl methyl sites for hydroxylation is 1. The maximum atomic E-state index is 13.4. The third-order valence-electron chi connectivity index (χ3n) is 15.5. The average molecular weight is 733 g/mol. The quantitative estimate of drug-likeness (QED) is 0.155. The fourth-order valence-electron chi connectivity index (χ4n) is 13.2. The van der Waals surface area contributed by atoms with Gasteiger partial charge in [-0.15, -0.1) is 0 Å². The molecule has 4 fully saturated rings. The minimum absolute atomic E-state index is 0.0226. The minimum Gasteiger partial charge on any atom is -0.462 e. The molecule has 5 aliphatic carbocycles. The molecule has 292 valence electrons. The van der Waals surface area contributed by atoms with E-state index in [-0.39, 0.29) is 69.1 Å². The summed E-state index contributed by atoms with van der Waals surface area (Å²) >= 11 is 0. The van der Waals surface area contributed by atoms with Crippen LogP contribution in [-0.2, 0) is 35.1 Å². The summed E-state index contributed by atoms with van der Waals surface area (Å²) in [5.74, 6) is 1.03. The number of hydrogen-bond acceptors (Lipinski definition) is 8. The van der Waals surface area contributed by atoms with Gasteiger partial charge in [-0.3, -0.25) is 19.2 Å². The van der Waals surface area contributed by atoms with Crippen LogP contribution < -0.4 is 9.47 Å². The van der Waals surface area contributed by atoms with Crippen LogP contribution in [0.25, 0.3) is 0 Å². The fraction of sp³-hybridized carbons (Fsp3) is 0.733. The van der Waals surface area contributed by atoms with Crippen LogP contribution in [0.1, 0.15) is 145 Å². The van der Waals surface area contributed by atoms with E-state index in [0.29, 0.717) is 30.1 Å². The van der Waals surface area contributed by atoms with E-state index >= 15 is 0 Å². The van der Waals surface area contributed by atoms with Gasteiger partial charge in [0.15, 0.2) is 11.5 Å². The second-order valence-electron chi connectivity index (χ2n) is 19.4. The van der Waals surface area contributed by atoms with Crippen LogP contribution >= 0.6 is 0 Å². The van der Waals surface area contributed by atoms with Gasteiger partial charge >= 0.3 is 23.9 Å². The highest BCUT2D eigenvalue weighted by Crippen LogP contribution is 2.70. The maximum absolute atomic E-state index is 13.4. The Morgan fingerprint density at radius 3 is 1.94 bits per heavy atom. The third-order valence-corrected chi connectivity index (χ3v) is 15.5. The molecule has 0 radical (unpaired) electrons. The number of fused-ring (bicyclic) bond motifs is 6. The van der Waals surface area contributed by atoms with E-state index in [4.69, 9.17) is 18.9 Å². The van der Waals surface area contributed by atoms with E-state index in [1.54, 1.807) is 30.7 Å². The molecule has 4 saturated carbocycles. The van der Waals surface area contributed by atoms with Crippen molar-refractivity contribution in [2.24, 2.45) is 50.7 Å². The SMILES string of the molecule is CC(=O)Oc1ccc(CCC(=O)O[C@H]2CC[C@@]3(C)[C@@H](CC[C@@]4(C)CC5=CC[C@H]6C(C)(C)[C@@H](OC(C)=O)CC[C@]6(C)[C@@H]5CC[C@@H]43)C2(C)C)cc1OC(C)=O. The second-order valence-corrected chi connectivity index (χ2v) is 19.4. The molecule has 0 bridgehead atoms. The van der Waals surface area contributed by atoms with E-state index in [0.717, 1.165) is 44.1 Å². The first kappa shape index (κ1) is 39.5. The van der Waals surface area contributed by atoms with Gasteiger partial charge in [0, 0.05) is 38.0 Å². The Morgan fingerprint density at radius 2 is 1.28 bits per heavy atom. The maximum Gasteiger partial charge on any atom is 0.308 e. The summed E-state index contributed by atoms with van der Waals surface area (Å²) in [5.41, 5.74) is 2.87. The largest absolute Gasteiger partial charge is 0.462 e. The Labute approximate surface area is 317 Å². The molecule has 8 heteroatoms. The highest BCUT2D eigenvalue weighted by atomic mass is 16.6. The predicted octanol–water partition coefficient (Wildman–Crippen LogP) is 9.74. The number of ether oxygens (including phenoxy) is 4. The zero-order valence-electron chi connectivity index (χ0n) is 34.0. The first-order valence-electron chi connectivity index (χ1n) is 20.3. The molecule has 9 atom stereocenters. The van der Waals surface area contributed by atoms with Crippen molar-refractivity contribution in [3.8, 4) is 11.5 Å². The van der Waals surface area contributed by atoms with Crippen LogP contribution in [0.5, 0.6) is 11.5 Å². The molecule has 0 unspecified atom stereocenters. The van der Waals surface area contributed by atoms with Crippen molar-refractivity contribution in [2.45, 2.75) is 158 Å². The normalized spacial score (nSPS) is 36.8. The Morgan fingerprint density at radius 1 is 0.660 bits per heavy atom. The van der Waals surface area contributed by atoms with E-state index in [9.17, 15) is 19.2 Å². The summed E-state index contributed by atoms with van der Waals surface area (Å²) in [6.07, 6.45) is 14.1. The first-order chi connectivity index (χ1) is 24.7. The lowest BCUT2D eigenvalue weighted by Gasteiger charge is -2.64. The summed E-state index contributed by atoms with van der Waals surface area (Å²) in [6, 6.07) is 5.02. The van der Waals surface area contributed by atoms with Crippen molar-refractivity contribution in [3.05, 3.63) is 35.4 Å². The Balaban J connectivity index is 1.14. The first-order valence-corrected chi connectivity index (χ1v) is 20.3. The number of carbonyl (C=O) groups is 4. The Hall–Kier alpha value is -3.16. The summed E-state index contributed by atoms with van der Waals surface area (Å²) in [6.45, 7) is 21.2. The Bertz CT molecular complexity index is 1650. The fourth-order valence-corrected chi connectivity index (χ4v) is 13.2. The number of carbonyl (C=O) groups excluding carboxylic acids is 4.